The van der Waals surface area contributed by atoms with Crippen LogP contribution in [0, 0.1) is 23.8 Å². The van der Waals surface area contributed by atoms with Gasteiger partial charge in [-0.25, -0.2) is 8.78 Å². The van der Waals surface area contributed by atoms with Crippen molar-refractivity contribution < 1.29 is 13.6 Å². The van der Waals surface area contributed by atoms with Crippen LogP contribution >= 0.6 is 11.6 Å². The van der Waals surface area contributed by atoms with E-state index >= 15 is 0 Å². The first-order chi connectivity index (χ1) is 8.99. The Hall–Kier alpha value is -2.32. The number of nitrogens with two attached hydrogens (primary N) is 1. The van der Waals surface area contributed by atoms with Crippen LogP contribution < -0.4 is 11.1 Å². The van der Waals surface area contributed by atoms with Gasteiger partial charge >= 0.3 is 0 Å². The molecular weight excluding hydrogens is 274 g/mol. The number of amides is 1. The van der Waals surface area contributed by atoms with Gasteiger partial charge in [0.25, 0.3) is 5.91 Å². The van der Waals surface area contributed by atoms with E-state index in [4.69, 9.17) is 17.3 Å². The van der Waals surface area contributed by atoms with Gasteiger partial charge in [0.2, 0.25) is 0 Å². The molecular formula is C13H7ClF2N2O. The first kappa shape index (κ1) is 13.1. The van der Waals surface area contributed by atoms with E-state index in [1.54, 1.807) is 0 Å². The van der Waals surface area contributed by atoms with Crippen molar-refractivity contribution in [1.82, 2.24) is 0 Å². The Balaban J connectivity index is 2.31. The number of halogens is 3. The smallest absolute Gasteiger partial charge is 0.257 e. The zero-order chi connectivity index (χ0) is 14.0. The average Bonchev–Trinajstić information content (AvgIpc) is 2.36. The van der Waals surface area contributed by atoms with Crippen LogP contribution in [0.1, 0.15) is 10.4 Å². The Labute approximate surface area is 113 Å². The van der Waals surface area contributed by atoms with Gasteiger partial charge in [-0.2, -0.15) is 0 Å². The van der Waals surface area contributed by atoms with Gasteiger partial charge in [0.1, 0.15) is 0 Å². The Morgan fingerprint density at radius 2 is 1.84 bits per heavy atom. The van der Waals surface area contributed by atoms with Crippen molar-refractivity contribution in [3.8, 4) is 0 Å². The Morgan fingerprint density at radius 3 is 2.53 bits per heavy atom. The Bertz CT molecular complexity index is 647. The maximum Gasteiger partial charge on any atom is 0.257 e. The maximum absolute atomic E-state index is 13.1. The minimum absolute atomic E-state index is 0.168. The van der Waals surface area contributed by atoms with E-state index in [-0.39, 0.29) is 22.0 Å². The highest BCUT2D eigenvalue weighted by atomic mass is 35.5. The fourth-order valence-electron chi connectivity index (χ4n) is 1.41. The summed E-state index contributed by atoms with van der Waals surface area (Å²) in [6, 6.07) is 9.49. The van der Waals surface area contributed by atoms with E-state index in [0.717, 1.165) is 12.1 Å². The zero-order valence-corrected chi connectivity index (χ0v) is 10.2. The van der Waals surface area contributed by atoms with E-state index in [0.29, 0.717) is 0 Å². The predicted octanol–water partition coefficient (Wildman–Crippen LogP) is 3.05. The molecule has 96 valence electrons. The molecule has 0 aliphatic rings. The second-order valence-corrected chi connectivity index (χ2v) is 4.05. The van der Waals surface area contributed by atoms with Crippen molar-refractivity contribution in [3.05, 3.63) is 58.6 Å². The van der Waals surface area contributed by atoms with Gasteiger partial charge in [-0.05, 0) is 6.07 Å². The van der Waals surface area contributed by atoms with Crippen LogP contribution in [-0.4, -0.2) is 5.91 Å². The number of hydrogen-bond acceptors (Lipinski definition) is 2. The van der Waals surface area contributed by atoms with Crippen LogP contribution in [0.5, 0.6) is 0 Å². The summed E-state index contributed by atoms with van der Waals surface area (Å²) < 4.78 is 26.0. The third kappa shape index (κ3) is 2.75. The van der Waals surface area contributed by atoms with Crippen LogP contribution in [0.25, 0.3) is 0 Å². The molecule has 19 heavy (non-hydrogen) atoms. The summed E-state index contributed by atoms with van der Waals surface area (Å²) in [5, 5.41) is 2.67. The molecule has 1 amide bonds. The first-order valence-corrected chi connectivity index (χ1v) is 5.50. The molecule has 0 fully saturated rings. The SMILES string of the molecule is Nc1cc(F)c(F)cc1C(=O)Nc1cc#ccc1Cl. The van der Waals surface area contributed by atoms with Crippen LogP contribution in [-0.2, 0) is 0 Å². The van der Waals surface area contributed by atoms with Gasteiger partial charge in [-0.15, -0.1) is 0 Å². The minimum Gasteiger partial charge on any atom is -0.398 e. The van der Waals surface area contributed by atoms with Gasteiger partial charge in [0.15, 0.2) is 11.6 Å². The van der Waals surface area contributed by atoms with Crippen LogP contribution in [0.2, 0.25) is 5.02 Å². The lowest BCUT2D eigenvalue weighted by molar-refractivity contribution is 0.102. The molecule has 0 aliphatic carbocycles. The van der Waals surface area contributed by atoms with Crippen LogP contribution in [0.4, 0.5) is 20.2 Å². The molecule has 0 aliphatic heterocycles. The molecule has 2 aromatic carbocycles. The summed E-state index contributed by atoms with van der Waals surface area (Å²) in [6.07, 6.45) is 0. The normalized spacial score (nSPS) is 9.84. The number of carbonyl (C=O) groups excluding carboxylic acids is 1. The number of nitrogens with one attached hydrogen (secondary N) is 1. The molecule has 0 spiro atoms. The fraction of sp³-hybridized carbons (Fsp3) is 0. The van der Waals surface area contributed by atoms with Gasteiger partial charge in [0.05, 0.1) is 16.3 Å². The fourth-order valence-corrected chi connectivity index (χ4v) is 1.57. The van der Waals surface area contributed by atoms with Crippen molar-refractivity contribution >= 4 is 28.9 Å². The largest absolute Gasteiger partial charge is 0.398 e. The molecule has 0 bridgehead atoms. The third-order valence-electron chi connectivity index (χ3n) is 2.34. The van der Waals surface area contributed by atoms with E-state index < -0.39 is 17.5 Å². The summed E-state index contributed by atoms with van der Waals surface area (Å²) in [7, 11) is 0. The Kier molecular flexibility index (Phi) is 3.54. The van der Waals surface area contributed by atoms with Gasteiger partial charge in [-0.3, -0.25) is 4.79 Å². The van der Waals surface area contributed by atoms with Crippen molar-refractivity contribution in [1.29, 1.82) is 0 Å². The van der Waals surface area contributed by atoms with E-state index in [1.165, 1.54) is 12.1 Å². The first-order valence-electron chi connectivity index (χ1n) is 5.12. The van der Waals surface area contributed by atoms with Gasteiger partial charge < -0.3 is 11.1 Å². The lowest BCUT2D eigenvalue weighted by atomic mass is 10.1. The minimum atomic E-state index is -1.15. The molecule has 0 saturated heterocycles. The molecule has 0 radical (unpaired) electrons. The van der Waals surface area contributed by atoms with Crippen molar-refractivity contribution in [2.45, 2.75) is 0 Å². The summed E-state index contributed by atoms with van der Waals surface area (Å²) in [5.41, 5.74) is 5.40. The number of nitrogen functional groups attached to an aromatic ring is 1. The van der Waals surface area contributed by atoms with Crippen molar-refractivity contribution in [2.24, 2.45) is 0 Å². The standard InChI is InChI=1S/C13H7ClF2N2O/c14-8-3-1-2-4-12(8)18-13(19)7-5-9(15)10(16)6-11(7)17/h3-6H,17H2,(H,18,19). The highest BCUT2D eigenvalue weighted by molar-refractivity contribution is 6.33. The zero-order valence-electron chi connectivity index (χ0n) is 9.43. The molecule has 0 saturated carbocycles. The number of anilines is 2. The molecule has 2 rings (SSSR count). The van der Waals surface area contributed by atoms with Crippen molar-refractivity contribution in [2.75, 3.05) is 11.1 Å². The topological polar surface area (TPSA) is 55.1 Å². The highest BCUT2D eigenvalue weighted by Gasteiger charge is 2.15. The van der Waals surface area contributed by atoms with E-state index in [2.05, 4.69) is 17.4 Å². The third-order valence-corrected chi connectivity index (χ3v) is 2.65. The monoisotopic (exact) mass is 280 g/mol. The highest BCUT2D eigenvalue weighted by Crippen LogP contribution is 2.22. The predicted molar refractivity (Wildman–Crippen MR) is 67.8 cm³/mol. The average molecular weight is 281 g/mol. The van der Waals surface area contributed by atoms with Crippen molar-refractivity contribution in [3.63, 3.8) is 0 Å². The summed E-state index contributed by atoms with van der Waals surface area (Å²) >= 11 is 5.82. The van der Waals surface area contributed by atoms with Crippen LogP contribution in [0.3, 0.4) is 0 Å². The molecule has 3 nitrogen and oxygen atoms in total. The number of hydrogen-bond donors (Lipinski definition) is 2. The molecule has 3 N–H and O–H groups in total. The number of rotatable bonds is 2. The number of carbonyl (C=O) groups is 1. The lowest BCUT2D eigenvalue weighted by Crippen LogP contribution is -2.15. The molecule has 2 aromatic rings. The summed E-state index contributed by atoms with van der Waals surface area (Å²) in [4.78, 5) is 11.9. The lowest BCUT2D eigenvalue weighted by Gasteiger charge is -2.08. The molecule has 0 atom stereocenters. The van der Waals surface area contributed by atoms with Gasteiger partial charge in [0, 0.05) is 23.9 Å². The molecule has 0 unspecified atom stereocenters. The molecule has 0 heterocycles. The summed E-state index contributed by atoms with van der Waals surface area (Å²) in [6.45, 7) is 0. The quantitative estimate of drug-likeness (QED) is 0.831. The van der Waals surface area contributed by atoms with E-state index in [1.807, 2.05) is 0 Å². The molecule has 0 aromatic heterocycles. The second kappa shape index (κ2) is 5.12. The number of benzene rings is 1. The molecule has 6 heteroatoms. The van der Waals surface area contributed by atoms with Crippen LogP contribution in [0.15, 0.2) is 24.3 Å². The van der Waals surface area contributed by atoms with Gasteiger partial charge in [-0.1, -0.05) is 23.7 Å². The maximum atomic E-state index is 13.1. The summed E-state index contributed by atoms with van der Waals surface area (Å²) in [5.74, 6) is -2.97. The Morgan fingerprint density at radius 1 is 1.21 bits per heavy atom. The van der Waals surface area contributed by atoms with E-state index in [9.17, 15) is 13.6 Å². The second-order valence-electron chi connectivity index (χ2n) is 3.65.